The van der Waals surface area contributed by atoms with E-state index in [1.165, 1.54) is 6.42 Å². The molecular formula is C17H22O2. The second-order valence-electron chi connectivity index (χ2n) is 7.22. The molecule has 0 radical (unpaired) electrons. The van der Waals surface area contributed by atoms with E-state index in [0.29, 0.717) is 11.3 Å². The summed E-state index contributed by atoms with van der Waals surface area (Å²) in [4.78, 5) is 0. The van der Waals surface area contributed by atoms with Crippen molar-refractivity contribution in [1.29, 1.82) is 0 Å². The summed E-state index contributed by atoms with van der Waals surface area (Å²) in [5.41, 5.74) is 1.50. The van der Waals surface area contributed by atoms with Gasteiger partial charge in [-0.15, -0.1) is 0 Å². The van der Waals surface area contributed by atoms with Gasteiger partial charge in [-0.2, -0.15) is 0 Å². The third kappa shape index (κ3) is 1.56. The molecule has 0 aromatic heterocycles. The molecule has 5 atom stereocenters. The molecular weight excluding hydrogens is 236 g/mol. The van der Waals surface area contributed by atoms with E-state index in [0.717, 1.165) is 17.9 Å². The Morgan fingerprint density at radius 1 is 1.11 bits per heavy atom. The Hall–Kier alpha value is -0.860. The highest BCUT2D eigenvalue weighted by molar-refractivity contribution is 5.21. The first kappa shape index (κ1) is 11.9. The molecule has 3 aliphatic rings. The van der Waals surface area contributed by atoms with Crippen molar-refractivity contribution in [3.63, 3.8) is 0 Å². The van der Waals surface area contributed by atoms with E-state index >= 15 is 0 Å². The van der Waals surface area contributed by atoms with Crippen LogP contribution in [0.2, 0.25) is 0 Å². The van der Waals surface area contributed by atoms with Crippen LogP contribution in [0.25, 0.3) is 0 Å². The van der Waals surface area contributed by atoms with Crippen molar-refractivity contribution < 1.29 is 9.47 Å². The van der Waals surface area contributed by atoms with Gasteiger partial charge in [0.15, 0.2) is 6.29 Å². The molecule has 1 aliphatic heterocycles. The minimum Gasteiger partial charge on any atom is -0.342 e. The lowest BCUT2D eigenvalue weighted by Gasteiger charge is -2.32. The van der Waals surface area contributed by atoms with Crippen LogP contribution in [-0.4, -0.2) is 11.7 Å². The SMILES string of the molecule is CC1(C)[C@@H]2[C@H]1CC[C@@]1(C)O[C@H](c3ccccc3)O[C@@H]21. The fourth-order valence-corrected chi connectivity index (χ4v) is 4.42. The molecule has 1 saturated heterocycles. The molecule has 1 aromatic carbocycles. The molecule has 2 heteroatoms. The lowest BCUT2D eigenvalue weighted by Crippen LogP contribution is -2.41. The van der Waals surface area contributed by atoms with Gasteiger partial charge in [0.05, 0.1) is 11.7 Å². The van der Waals surface area contributed by atoms with E-state index in [2.05, 4.69) is 45.0 Å². The summed E-state index contributed by atoms with van der Waals surface area (Å²) in [6, 6.07) is 10.3. The molecule has 0 bridgehead atoms. The summed E-state index contributed by atoms with van der Waals surface area (Å²) in [5.74, 6) is 1.52. The third-order valence-electron chi connectivity index (χ3n) is 5.74. The maximum atomic E-state index is 6.32. The van der Waals surface area contributed by atoms with Crippen LogP contribution < -0.4 is 0 Å². The zero-order valence-electron chi connectivity index (χ0n) is 11.9. The maximum absolute atomic E-state index is 6.32. The summed E-state index contributed by atoms with van der Waals surface area (Å²) >= 11 is 0. The van der Waals surface area contributed by atoms with Crippen LogP contribution in [0.1, 0.15) is 45.5 Å². The molecule has 2 aliphatic carbocycles. The molecule has 0 N–H and O–H groups in total. The Morgan fingerprint density at radius 3 is 2.58 bits per heavy atom. The lowest BCUT2D eigenvalue weighted by atomic mass is 9.84. The van der Waals surface area contributed by atoms with Gasteiger partial charge in [0.25, 0.3) is 0 Å². The Balaban J connectivity index is 1.63. The number of hydrogen-bond donors (Lipinski definition) is 0. The summed E-state index contributed by atoms with van der Waals surface area (Å²) in [6.45, 7) is 7.01. The molecule has 1 heterocycles. The summed E-state index contributed by atoms with van der Waals surface area (Å²) < 4.78 is 12.6. The lowest BCUT2D eigenvalue weighted by molar-refractivity contribution is -0.0900. The first-order valence-electron chi connectivity index (χ1n) is 7.41. The predicted octanol–water partition coefficient (Wildman–Crippen LogP) is 3.93. The molecule has 2 nitrogen and oxygen atoms in total. The van der Waals surface area contributed by atoms with Gasteiger partial charge in [-0.3, -0.25) is 0 Å². The van der Waals surface area contributed by atoms with Crippen molar-refractivity contribution in [3.05, 3.63) is 35.9 Å². The Morgan fingerprint density at radius 2 is 1.84 bits per heavy atom. The average Bonchev–Trinajstić information content (AvgIpc) is 2.79. The van der Waals surface area contributed by atoms with E-state index in [1.807, 2.05) is 6.07 Å². The van der Waals surface area contributed by atoms with E-state index in [9.17, 15) is 0 Å². The van der Waals surface area contributed by atoms with Crippen molar-refractivity contribution in [2.75, 3.05) is 0 Å². The van der Waals surface area contributed by atoms with Crippen LogP contribution >= 0.6 is 0 Å². The molecule has 102 valence electrons. The van der Waals surface area contributed by atoms with Gasteiger partial charge in [0.2, 0.25) is 0 Å². The van der Waals surface area contributed by atoms with Crippen molar-refractivity contribution in [3.8, 4) is 0 Å². The number of hydrogen-bond acceptors (Lipinski definition) is 2. The summed E-state index contributed by atoms with van der Waals surface area (Å²) in [5, 5.41) is 0. The maximum Gasteiger partial charge on any atom is 0.185 e. The fraction of sp³-hybridized carbons (Fsp3) is 0.647. The van der Waals surface area contributed by atoms with Gasteiger partial charge in [-0.25, -0.2) is 0 Å². The third-order valence-corrected chi connectivity index (χ3v) is 5.74. The van der Waals surface area contributed by atoms with E-state index in [1.54, 1.807) is 0 Å². The normalized spacial score (nSPS) is 46.5. The number of fused-ring (bicyclic) bond motifs is 3. The molecule has 4 rings (SSSR count). The standard InChI is InChI=1S/C17H22O2/c1-16(2)12-9-10-17(3)14(13(12)16)18-15(19-17)11-7-5-4-6-8-11/h4-8,12-15H,9-10H2,1-3H3/t12-,13-,14+,15-,17-/m1/s1. The highest BCUT2D eigenvalue weighted by atomic mass is 16.7. The second-order valence-corrected chi connectivity index (χ2v) is 7.22. The fourth-order valence-electron chi connectivity index (χ4n) is 4.42. The van der Waals surface area contributed by atoms with Crippen LogP contribution in [0, 0.1) is 17.3 Å². The van der Waals surface area contributed by atoms with E-state index in [4.69, 9.17) is 9.47 Å². The van der Waals surface area contributed by atoms with Crippen molar-refractivity contribution >= 4 is 0 Å². The van der Waals surface area contributed by atoms with Crippen molar-refractivity contribution in [1.82, 2.24) is 0 Å². The number of ether oxygens (including phenoxy) is 2. The zero-order chi connectivity index (χ0) is 13.3. The van der Waals surface area contributed by atoms with Crippen LogP contribution in [-0.2, 0) is 9.47 Å². The monoisotopic (exact) mass is 258 g/mol. The van der Waals surface area contributed by atoms with Gasteiger partial charge in [-0.05, 0) is 37.0 Å². The number of rotatable bonds is 1. The van der Waals surface area contributed by atoms with Crippen LogP contribution in [0.5, 0.6) is 0 Å². The van der Waals surface area contributed by atoms with E-state index < -0.39 is 0 Å². The van der Waals surface area contributed by atoms with Crippen LogP contribution in [0.3, 0.4) is 0 Å². The van der Waals surface area contributed by atoms with Gasteiger partial charge >= 0.3 is 0 Å². The highest BCUT2D eigenvalue weighted by Crippen LogP contribution is 2.69. The molecule has 19 heavy (non-hydrogen) atoms. The van der Waals surface area contributed by atoms with Gasteiger partial charge in [0.1, 0.15) is 0 Å². The average molecular weight is 258 g/mol. The van der Waals surface area contributed by atoms with Crippen molar-refractivity contribution in [2.24, 2.45) is 17.3 Å². The first-order chi connectivity index (χ1) is 9.02. The highest BCUT2D eigenvalue weighted by Gasteiger charge is 2.70. The largest absolute Gasteiger partial charge is 0.342 e. The molecule has 0 unspecified atom stereocenters. The van der Waals surface area contributed by atoms with Gasteiger partial charge in [0, 0.05) is 5.56 Å². The zero-order valence-corrected chi connectivity index (χ0v) is 11.9. The molecule has 1 aromatic rings. The minimum atomic E-state index is -0.175. The van der Waals surface area contributed by atoms with Crippen molar-refractivity contribution in [2.45, 2.75) is 51.6 Å². The van der Waals surface area contributed by atoms with Crippen LogP contribution in [0.15, 0.2) is 30.3 Å². The molecule has 0 spiro atoms. The first-order valence-corrected chi connectivity index (χ1v) is 7.41. The van der Waals surface area contributed by atoms with Gasteiger partial charge < -0.3 is 9.47 Å². The Labute approximate surface area is 115 Å². The Kier molecular flexibility index (Phi) is 2.27. The predicted molar refractivity (Wildman–Crippen MR) is 73.5 cm³/mol. The van der Waals surface area contributed by atoms with Gasteiger partial charge in [-0.1, -0.05) is 44.2 Å². The quantitative estimate of drug-likeness (QED) is 0.760. The second kappa shape index (κ2) is 3.62. The minimum absolute atomic E-state index is 0.0879. The number of benzene rings is 1. The molecule has 2 saturated carbocycles. The molecule has 3 fully saturated rings. The smallest absolute Gasteiger partial charge is 0.185 e. The summed E-state index contributed by atoms with van der Waals surface area (Å²) in [6.07, 6.45) is 2.51. The Bertz CT molecular complexity index is 495. The topological polar surface area (TPSA) is 18.5 Å². The summed E-state index contributed by atoms with van der Waals surface area (Å²) in [7, 11) is 0. The van der Waals surface area contributed by atoms with E-state index in [-0.39, 0.29) is 18.0 Å². The van der Waals surface area contributed by atoms with Crippen LogP contribution in [0.4, 0.5) is 0 Å². The molecule has 0 amide bonds.